The minimum atomic E-state index is -0.395. The van der Waals surface area contributed by atoms with Gasteiger partial charge in [-0.25, -0.2) is 0 Å². The highest BCUT2D eigenvalue weighted by Crippen LogP contribution is 2.37. The number of rotatable bonds is 4. The van der Waals surface area contributed by atoms with Crippen LogP contribution in [0.3, 0.4) is 0 Å². The molecule has 0 saturated carbocycles. The van der Waals surface area contributed by atoms with E-state index in [1.807, 2.05) is 0 Å². The highest BCUT2D eigenvalue weighted by molar-refractivity contribution is 5.85. The first-order valence-corrected chi connectivity index (χ1v) is 6.01. The summed E-state index contributed by atoms with van der Waals surface area (Å²) in [6, 6.07) is 2.97. The van der Waals surface area contributed by atoms with Crippen molar-refractivity contribution in [1.82, 2.24) is 10.6 Å². The lowest BCUT2D eigenvalue weighted by Crippen LogP contribution is -2.42. The van der Waals surface area contributed by atoms with Crippen molar-refractivity contribution in [1.29, 1.82) is 0 Å². The number of ether oxygens (including phenoxy) is 2. The van der Waals surface area contributed by atoms with Crippen LogP contribution in [0.2, 0.25) is 0 Å². The summed E-state index contributed by atoms with van der Waals surface area (Å²) >= 11 is 0. The minimum absolute atomic E-state index is 0. The number of methoxy groups -OCH3 is 2. The van der Waals surface area contributed by atoms with Crippen LogP contribution >= 0.6 is 12.4 Å². The Hall–Kier alpha value is -1.57. The van der Waals surface area contributed by atoms with Crippen LogP contribution < -0.4 is 20.1 Å². The molecule has 0 spiro atoms. The van der Waals surface area contributed by atoms with Gasteiger partial charge in [0.05, 0.1) is 36.8 Å². The second-order valence-corrected chi connectivity index (χ2v) is 4.23. The number of nitrogens with zero attached hydrogens (tertiary/aromatic N) is 1. The van der Waals surface area contributed by atoms with Crippen molar-refractivity contribution >= 4 is 18.1 Å². The molecule has 112 valence electrons. The number of nitro benzene ring substituents is 1. The summed E-state index contributed by atoms with van der Waals surface area (Å²) in [6.45, 7) is 2.28. The third-order valence-electron chi connectivity index (χ3n) is 3.15. The molecule has 1 aromatic rings. The van der Waals surface area contributed by atoms with Crippen molar-refractivity contribution in [3.63, 3.8) is 0 Å². The third-order valence-corrected chi connectivity index (χ3v) is 3.15. The summed E-state index contributed by atoms with van der Waals surface area (Å²) in [5, 5.41) is 17.7. The van der Waals surface area contributed by atoms with Crippen LogP contribution in [0.5, 0.6) is 11.5 Å². The zero-order valence-electron chi connectivity index (χ0n) is 11.3. The first-order valence-electron chi connectivity index (χ1n) is 6.01. The molecule has 1 aromatic carbocycles. The van der Waals surface area contributed by atoms with Crippen LogP contribution in [0, 0.1) is 10.1 Å². The number of hydrogen-bond acceptors (Lipinski definition) is 6. The van der Waals surface area contributed by atoms with Gasteiger partial charge in [0, 0.05) is 19.6 Å². The number of nitro groups is 1. The van der Waals surface area contributed by atoms with Gasteiger partial charge in [0.25, 0.3) is 5.69 Å². The summed E-state index contributed by atoms with van der Waals surface area (Å²) in [5.74, 6) is 0.859. The van der Waals surface area contributed by atoms with E-state index in [-0.39, 0.29) is 24.1 Å². The third kappa shape index (κ3) is 3.30. The van der Waals surface area contributed by atoms with Gasteiger partial charge in [0.2, 0.25) is 0 Å². The molecule has 1 aliphatic heterocycles. The topological polar surface area (TPSA) is 85.7 Å². The van der Waals surface area contributed by atoms with E-state index in [9.17, 15) is 10.1 Å². The first kappa shape index (κ1) is 16.5. The standard InChI is InChI=1S/C12H17N3O4.ClH/c1-18-11-5-8(9-7-13-3-4-14-9)10(15(16)17)6-12(11)19-2;/h5-6,9,13-14H,3-4,7H2,1-2H3;1H/t9-;/m0./s1. The van der Waals surface area contributed by atoms with E-state index in [2.05, 4.69) is 10.6 Å². The Kier molecular flexibility index (Phi) is 6.00. The van der Waals surface area contributed by atoms with E-state index < -0.39 is 4.92 Å². The van der Waals surface area contributed by atoms with Gasteiger partial charge in [0.15, 0.2) is 11.5 Å². The fourth-order valence-electron chi connectivity index (χ4n) is 2.19. The summed E-state index contributed by atoms with van der Waals surface area (Å²) in [5.41, 5.74) is 0.647. The molecule has 2 N–H and O–H groups in total. The summed E-state index contributed by atoms with van der Waals surface area (Å²) < 4.78 is 10.3. The van der Waals surface area contributed by atoms with Gasteiger partial charge in [-0.05, 0) is 6.07 Å². The smallest absolute Gasteiger partial charge is 0.278 e. The Morgan fingerprint density at radius 1 is 1.25 bits per heavy atom. The van der Waals surface area contributed by atoms with Gasteiger partial charge in [-0.15, -0.1) is 12.4 Å². The molecule has 1 fully saturated rings. The molecular weight excluding hydrogens is 286 g/mol. The van der Waals surface area contributed by atoms with Gasteiger partial charge in [-0.3, -0.25) is 10.1 Å². The number of benzene rings is 1. The molecule has 0 amide bonds. The maximum Gasteiger partial charge on any atom is 0.278 e. The zero-order valence-corrected chi connectivity index (χ0v) is 12.2. The lowest BCUT2D eigenvalue weighted by molar-refractivity contribution is -0.385. The van der Waals surface area contributed by atoms with Crippen LogP contribution in [0.25, 0.3) is 0 Å². The Morgan fingerprint density at radius 3 is 2.40 bits per heavy atom. The molecule has 20 heavy (non-hydrogen) atoms. The maximum absolute atomic E-state index is 11.2. The maximum atomic E-state index is 11.2. The van der Waals surface area contributed by atoms with E-state index in [0.29, 0.717) is 23.6 Å². The Balaban J connectivity index is 0.00000200. The largest absolute Gasteiger partial charge is 0.493 e. The van der Waals surface area contributed by atoms with E-state index in [1.165, 1.54) is 20.3 Å². The Labute approximate surface area is 123 Å². The van der Waals surface area contributed by atoms with Crippen molar-refractivity contribution < 1.29 is 14.4 Å². The zero-order chi connectivity index (χ0) is 13.8. The molecule has 0 unspecified atom stereocenters. The van der Waals surface area contributed by atoms with Crippen molar-refractivity contribution in [3.8, 4) is 11.5 Å². The molecule has 0 bridgehead atoms. The van der Waals surface area contributed by atoms with Crippen molar-refractivity contribution in [3.05, 3.63) is 27.8 Å². The summed E-state index contributed by atoms with van der Waals surface area (Å²) in [6.07, 6.45) is 0. The minimum Gasteiger partial charge on any atom is -0.493 e. The van der Waals surface area contributed by atoms with Crippen LogP contribution in [-0.4, -0.2) is 38.8 Å². The molecule has 0 aliphatic carbocycles. The van der Waals surface area contributed by atoms with Crippen LogP contribution in [0.1, 0.15) is 11.6 Å². The summed E-state index contributed by atoms with van der Waals surface area (Å²) in [7, 11) is 2.97. The Bertz CT molecular complexity index is 478. The SMILES string of the molecule is COc1cc([C@@H]2CNCCN2)c([N+](=O)[O-])cc1OC.Cl. The van der Waals surface area contributed by atoms with Gasteiger partial charge in [0.1, 0.15) is 0 Å². The molecule has 7 nitrogen and oxygen atoms in total. The average Bonchev–Trinajstić information content (AvgIpc) is 2.46. The molecule has 1 heterocycles. The number of piperazine rings is 1. The van der Waals surface area contributed by atoms with E-state index in [1.54, 1.807) is 6.07 Å². The molecule has 0 radical (unpaired) electrons. The molecular formula is C12H18ClN3O4. The number of hydrogen-bond donors (Lipinski definition) is 2. The van der Waals surface area contributed by atoms with Crippen molar-refractivity contribution in [2.24, 2.45) is 0 Å². The highest BCUT2D eigenvalue weighted by atomic mass is 35.5. The fourth-order valence-corrected chi connectivity index (χ4v) is 2.19. The monoisotopic (exact) mass is 303 g/mol. The van der Waals surface area contributed by atoms with Gasteiger partial charge in [-0.2, -0.15) is 0 Å². The van der Waals surface area contributed by atoms with Gasteiger partial charge < -0.3 is 20.1 Å². The average molecular weight is 304 g/mol. The van der Waals surface area contributed by atoms with Gasteiger partial charge >= 0.3 is 0 Å². The molecule has 2 rings (SSSR count). The molecule has 1 saturated heterocycles. The molecule has 0 aromatic heterocycles. The first-order chi connectivity index (χ1) is 9.17. The molecule has 1 atom stereocenters. The lowest BCUT2D eigenvalue weighted by atomic mass is 10.0. The van der Waals surface area contributed by atoms with Crippen LogP contribution in [0.4, 0.5) is 5.69 Å². The van der Waals surface area contributed by atoms with Gasteiger partial charge in [-0.1, -0.05) is 0 Å². The van der Waals surface area contributed by atoms with Crippen molar-refractivity contribution in [2.45, 2.75) is 6.04 Å². The van der Waals surface area contributed by atoms with E-state index in [0.717, 1.165) is 13.1 Å². The predicted octanol–water partition coefficient (Wildman–Crippen LogP) is 1.27. The molecule has 8 heteroatoms. The predicted molar refractivity (Wildman–Crippen MR) is 77.1 cm³/mol. The second kappa shape index (κ2) is 7.28. The van der Waals surface area contributed by atoms with E-state index in [4.69, 9.17) is 9.47 Å². The summed E-state index contributed by atoms with van der Waals surface area (Å²) in [4.78, 5) is 10.8. The van der Waals surface area contributed by atoms with Crippen LogP contribution in [0.15, 0.2) is 12.1 Å². The quantitative estimate of drug-likeness (QED) is 0.643. The Morgan fingerprint density at radius 2 is 1.90 bits per heavy atom. The molecule has 1 aliphatic rings. The number of nitrogens with one attached hydrogen (secondary N) is 2. The number of halogens is 1. The highest BCUT2D eigenvalue weighted by Gasteiger charge is 2.26. The second-order valence-electron chi connectivity index (χ2n) is 4.23. The van der Waals surface area contributed by atoms with Crippen LogP contribution in [-0.2, 0) is 0 Å². The lowest BCUT2D eigenvalue weighted by Gasteiger charge is -2.25. The van der Waals surface area contributed by atoms with Crippen molar-refractivity contribution in [2.75, 3.05) is 33.9 Å². The fraction of sp³-hybridized carbons (Fsp3) is 0.500. The normalized spacial score (nSPS) is 18.0. The van der Waals surface area contributed by atoms with E-state index >= 15 is 0 Å².